The van der Waals surface area contributed by atoms with Crippen molar-refractivity contribution in [2.24, 2.45) is 4.99 Å². The van der Waals surface area contributed by atoms with Crippen LogP contribution in [0.15, 0.2) is 120 Å². The Bertz CT molecular complexity index is 2450. The molecule has 4 heterocycles. The van der Waals surface area contributed by atoms with Crippen LogP contribution >= 0.6 is 0 Å². The van der Waals surface area contributed by atoms with Crippen LogP contribution in [0.1, 0.15) is 57.1 Å². The minimum atomic E-state index is -1.33. The number of hydrogen-bond acceptors (Lipinski definition) is 11. The summed E-state index contributed by atoms with van der Waals surface area (Å²) in [5.41, 5.74) is 4.41. The third kappa shape index (κ3) is 10.7. The maximum absolute atomic E-state index is 14.8. The highest BCUT2D eigenvalue weighted by molar-refractivity contribution is 6.03. The van der Waals surface area contributed by atoms with E-state index in [2.05, 4.69) is 22.5 Å². The Morgan fingerprint density at radius 3 is 2.21 bits per heavy atom. The lowest BCUT2D eigenvalue weighted by molar-refractivity contribution is -0.143. The van der Waals surface area contributed by atoms with E-state index in [1.54, 1.807) is 28.0 Å². The highest BCUT2D eigenvalue weighted by Gasteiger charge is 2.57. The average molecular weight is 899 g/mol. The Morgan fingerprint density at radius 1 is 0.788 bits per heavy atom. The first-order valence-electron chi connectivity index (χ1n) is 22.2. The second-order valence-electron chi connectivity index (χ2n) is 16.4. The number of hydrogen-bond donors (Lipinski definition) is 3. The lowest BCUT2D eigenvalue weighted by Gasteiger charge is -2.32. The number of amides is 5. The molecule has 3 N–H and O–H groups in total. The molecule has 16 heteroatoms. The normalized spacial score (nSPS) is 19.8. The average Bonchev–Trinajstić information content (AvgIpc) is 3.85. The number of carbonyl (C=O) groups is 5. The van der Waals surface area contributed by atoms with Gasteiger partial charge in [0.2, 0.25) is 23.6 Å². The molecule has 0 saturated carbocycles. The van der Waals surface area contributed by atoms with Crippen LogP contribution in [0, 0.1) is 0 Å². The summed E-state index contributed by atoms with van der Waals surface area (Å²) in [6.07, 6.45) is 0.426. The summed E-state index contributed by atoms with van der Waals surface area (Å²) in [7, 11) is 0. The molecule has 0 spiro atoms. The Labute approximate surface area is 383 Å². The van der Waals surface area contributed by atoms with E-state index >= 15 is 0 Å². The molecule has 16 nitrogen and oxygen atoms in total. The summed E-state index contributed by atoms with van der Waals surface area (Å²) in [6.45, 7) is 6.38. The maximum Gasteiger partial charge on any atom is 0.256 e. The van der Waals surface area contributed by atoms with Crippen molar-refractivity contribution in [1.82, 2.24) is 20.4 Å². The zero-order valence-electron chi connectivity index (χ0n) is 36.7. The Hall–Kier alpha value is -6.72. The molecule has 3 atom stereocenters. The summed E-state index contributed by atoms with van der Waals surface area (Å²) in [6, 6.07) is 32.0. The van der Waals surface area contributed by atoms with E-state index in [0.29, 0.717) is 80.6 Å². The number of nitrogens with one attached hydrogen (secondary N) is 3. The Morgan fingerprint density at radius 2 is 1.47 bits per heavy atom. The van der Waals surface area contributed by atoms with Gasteiger partial charge in [-0.15, -0.1) is 0 Å². The molecule has 0 radical (unpaired) electrons. The molecule has 4 aliphatic heterocycles. The second-order valence-corrected chi connectivity index (χ2v) is 16.4. The highest BCUT2D eigenvalue weighted by Crippen LogP contribution is 2.46. The third-order valence-corrected chi connectivity index (χ3v) is 11.9. The molecule has 4 aliphatic rings. The number of ether oxygens (including phenoxy) is 5. The number of piperidine rings is 1. The number of benzene rings is 4. The molecule has 1 fully saturated rings. The van der Waals surface area contributed by atoms with Crippen LogP contribution in [-0.2, 0) is 62.4 Å². The van der Waals surface area contributed by atoms with E-state index in [1.807, 2.05) is 84.9 Å². The molecule has 344 valence electrons. The van der Waals surface area contributed by atoms with Crippen LogP contribution in [0.3, 0.4) is 0 Å². The molecule has 66 heavy (non-hydrogen) atoms. The SMILES string of the molecule is C=C1NC(=O)CCC1N1Cc2c(NC(=O)COCCOCCOCCOCCNC(=O)CN3Cc4ccccc4[C@@H]4OC(c5ccccc5)=N[C@]4(Cc4ccccc4)C3=O)cccc2C1=O. The van der Waals surface area contributed by atoms with E-state index in [9.17, 15) is 24.0 Å². The third-order valence-electron chi connectivity index (χ3n) is 11.9. The zero-order chi connectivity index (χ0) is 45.9. The Kier molecular flexibility index (Phi) is 14.9. The van der Waals surface area contributed by atoms with Crippen molar-refractivity contribution >= 4 is 41.1 Å². The van der Waals surface area contributed by atoms with E-state index < -0.39 is 11.6 Å². The predicted octanol–water partition coefficient (Wildman–Crippen LogP) is 4.10. The molecular weight excluding hydrogens is 845 g/mol. The maximum atomic E-state index is 14.8. The zero-order valence-corrected chi connectivity index (χ0v) is 36.7. The molecule has 4 aromatic rings. The fraction of sp³-hybridized carbons (Fsp3) is 0.360. The standard InChI is InChI=1S/C50H54N6O10/c1-34-42(19-20-43(57)52-34)56-31-40-39(48(56)60)17-10-18-41(40)53-45(59)33-65-28-27-64-26-25-63-24-23-62-22-21-51-44(58)32-55-30-37-15-8-9-16-38(37)46-50(49(55)61,29-35-11-4-2-5-12-35)54-47(66-46)36-13-6-3-7-14-36/h2-18,42,46H,1,19-33H2,(H,51,58)(H,52,57)(H,53,59)/t42?,46-,50-/m0/s1. The van der Waals surface area contributed by atoms with Crippen molar-refractivity contribution in [2.75, 3.05) is 71.3 Å². The number of carbonyl (C=O) groups excluding carboxylic acids is 5. The molecule has 0 aromatic heterocycles. The van der Waals surface area contributed by atoms with Gasteiger partial charge in [0.05, 0.1) is 58.8 Å². The second kappa shape index (κ2) is 21.5. The number of anilines is 1. The minimum absolute atomic E-state index is 0.110. The summed E-state index contributed by atoms with van der Waals surface area (Å²) in [5, 5.41) is 8.46. The van der Waals surface area contributed by atoms with E-state index in [1.165, 1.54) is 0 Å². The Balaban J connectivity index is 0.708. The van der Waals surface area contributed by atoms with Crippen molar-refractivity contribution in [3.8, 4) is 0 Å². The largest absolute Gasteiger partial charge is 0.466 e. The van der Waals surface area contributed by atoms with Gasteiger partial charge in [0, 0.05) is 66.1 Å². The quantitative estimate of drug-likeness (QED) is 0.103. The first kappa shape index (κ1) is 45.8. The van der Waals surface area contributed by atoms with Crippen molar-refractivity contribution in [3.63, 3.8) is 0 Å². The highest BCUT2D eigenvalue weighted by atomic mass is 16.6. The number of nitrogens with zero attached hydrogens (tertiary/aromatic N) is 3. The van der Waals surface area contributed by atoms with Gasteiger partial charge in [-0.1, -0.05) is 85.4 Å². The fourth-order valence-corrected chi connectivity index (χ4v) is 8.73. The van der Waals surface area contributed by atoms with Crippen LogP contribution in [0.25, 0.3) is 0 Å². The van der Waals surface area contributed by atoms with Gasteiger partial charge in [-0.2, -0.15) is 0 Å². The molecule has 0 bridgehead atoms. The molecular formula is C50H54N6O10. The van der Waals surface area contributed by atoms with Crippen LogP contribution < -0.4 is 16.0 Å². The predicted molar refractivity (Wildman–Crippen MR) is 243 cm³/mol. The number of aliphatic imine (C=N–C) groups is 1. The van der Waals surface area contributed by atoms with Gasteiger partial charge in [-0.05, 0) is 41.8 Å². The van der Waals surface area contributed by atoms with Gasteiger partial charge in [0.25, 0.3) is 11.8 Å². The summed E-state index contributed by atoms with van der Waals surface area (Å²) in [5.74, 6) is -0.825. The lowest BCUT2D eigenvalue weighted by atomic mass is 9.81. The molecule has 4 aromatic carbocycles. The summed E-state index contributed by atoms with van der Waals surface area (Å²) >= 11 is 0. The topological polar surface area (TPSA) is 186 Å². The van der Waals surface area contributed by atoms with Gasteiger partial charge in [0.1, 0.15) is 6.61 Å². The first-order chi connectivity index (χ1) is 32.2. The molecule has 1 saturated heterocycles. The number of rotatable bonds is 21. The van der Waals surface area contributed by atoms with Crippen LogP contribution in [0.5, 0.6) is 0 Å². The molecule has 1 unspecified atom stereocenters. The van der Waals surface area contributed by atoms with Crippen LogP contribution in [0.2, 0.25) is 0 Å². The van der Waals surface area contributed by atoms with E-state index in [0.717, 1.165) is 22.3 Å². The van der Waals surface area contributed by atoms with E-state index in [-0.39, 0.29) is 81.6 Å². The van der Waals surface area contributed by atoms with Gasteiger partial charge in [0.15, 0.2) is 11.6 Å². The molecule has 5 amide bonds. The van der Waals surface area contributed by atoms with Crippen molar-refractivity contribution in [1.29, 1.82) is 0 Å². The fourth-order valence-electron chi connectivity index (χ4n) is 8.73. The van der Waals surface area contributed by atoms with Crippen molar-refractivity contribution in [3.05, 3.63) is 149 Å². The molecule has 8 rings (SSSR count). The van der Waals surface area contributed by atoms with Crippen molar-refractivity contribution in [2.45, 2.75) is 50.0 Å². The van der Waals surface area contributed by atoms with Gasteiger partial charge in [-0.25, -0.2) is 4.99 Å². The summed E-state index contributed by atoms with van der Waals surface area (Å²) < 4.78 is 28.9. The van der Waals surface area contributed by atoms with Crippen molar-refractivity contribution < 1.29 is 47.7 Å². The van der Waals surface area contributed by atoms with Gasteiger partial charge < -0.3 is 49.4 Å². The van der Waals surface area contributed by atoms with Gasteiger partial charge >= 0.3 is 0 Å². The van der Waals surface area contributed by atoms with Gasteiger partial charge in [-0.3, -0.25) is 24.0 Å². The monoisotopic (exact) mass is 898 g/mol. The minimum Gasteiger partial charge on any atom is -0.466 e. The van der Waals surface area contributed by atoms with E-state index in [4.69, 9.17) is 28.7 Å². The first-order valence-corrected chi connectivity index (χ1v) is 22.2. The lowest BCUT2D eigenvalue weighted by Crippen LogP contribution is -2.52. The summed E-state index contributed by atoms with van der Waals surface area (Å²) in [4.78, 5) is 74.0. The smallest absolute Gasteiger partial charge is 0.256 e. The molecule has 0 aliphatic carbocycles. The van der Waals surface area contributed by atoms with Crippen LogP contribution in [0.4, 0.5) is 5.69 Å². The number of fused-ring (bicyclic) bond motifs is 4. The van der Waals surface area contributed by atoms with Crippen LogP contribution in [-0.4, -0.2) is 123 Å².